The summed E-state index contributed by atoms with van der Waals surface area (Å²) in [6.45, 7) is 6.79. The summed E-state index contributed by atoms with van der Waals surface area (Å²) in [5, 5.41) is 3.37. The smallest absolute Gasteiger partial charge is 0.338 e. The van der Waals surface area contributed by atoms with Crippen LogP contribution in [-0.4, -0.2) is 27.0 Å². The monoisotopic (exact) mass is 426 g/mol. The van der Waals surface area contributed by atoms with Crippen molar-refractivity contribution in [2.24, 2.45) is 0 Å². The minimum Gasteiger partial charge on any atom is -0.456 e. The lowest BCUT2D eigenvalue weighted by Gasteiger charge is -2.20. The largest absolute Gasteiger partial charge is 0.456 e. The second kappa shape index (κ2) is 8.20. The van der Waals surface area contributed by atoms with Crippen LogP contribution in [-0.2, 0) is 9.53 Å². The van der Waals surface area contributed by atoms with Crippen molar-refractivity contribution in [1.82, 2.24) is 9.55 Å². The molecule has 0 radical (unpaired) electrons. The number of ether oxygens (including phenoxy) is 1. The van der Waals surface area contributed by atoms with Crippen LogP contribution in [0.3, 0.4) is 0 Å². The second-order valence-corrected chi connectivity index (χ2v) is 8.21. The van der Waals surface area contributed by atoms with Gasteiger partial charge in [-0.1, -0.05) is 23.7 Å². The molecule has 0 aliphatic carbocycles. The molecule has 2 aromatic carbocycles. The molecule has 8 heteroatoms. The van der Waals surface area contributed by atoms with E-state index in [9.17, 15) is 9.59 Å². The van der Waals surface area contributed by atoms with E-state index in [4.69, 9.17) is 22.1 Å². The van der Waals surface area contributed by atoms with Gasteiger partial charge in [-0.3, -0.25) is 9.36 Å². The topological polar surface area (TPSA) is 99.2 Å². The number of nitrogen functional groups attached to an aromatic ring is 1. The molecule has 1 aromatic heterocycles. The SMILES string of the molecule is CC(=O)Nc1ccc(C(=O)OC(C)(C)C)cc1-n1cc(-c2ccc(Cl)cc2)nc1N. The highest BCUT2D eigenvalue weighted by molar-refractivity contribution is 6.30. The lowest BCUT2D eigenvalue weighted by atomic mass is 10.1. The van der Waals surface area contributed by atoms with Gasteiger partial charge in [-0.05, 0) is 51.1 Å². The van der Waals surface area contributed by atoms with Gasteiger partial charge in [-0.25, -0.2) is 9.78 Å². The van der Waals surface area contributed by atoms with Crippen LogP contribution in [0.5, 0.6) is 0 Å². The van der Waals surface area contributed by atoms with E-state index in [0.29, 0.717) is 27.7 Å². The summed E-state index contributed by atoms with van der Waals surface area (Å²) < 4.78 is 7.07. The van der Waals surface area contributed by atoms with Crippen LogP contribution < -0.4 is 11.1 Å². The number of halogens is 1. The first-order valence-corrected chi connectivity index (χ1v) is 9.67. The molecule has 3 rings (SSSR count). The summed E-state index contributed by atoms with van der Waals surface area (Å²) in [5.74, 6) is -0.527. The second-order valence-electron chi connectivity index (χ2n) is 7.78. The number of hydrogen-bond acceptors (Lipinski definition) is 5. The van der Waals surface area contributed by atoms with Crippen molar-refractivity contribution in [1.29, 1.82) is 0 Å². The Balaban J connectivity index is 2.08. The fourth-order valence-electron chi connectivity index (χ4n) is 2.84. The highest BCUT2D eigenvalue weighted by atomic mass is 35.5. The third kappa shape index (κ3) is 4.99. The number of nitrogens with zero attached hydrogens (tertiary/aromatic N) is 2. The Hall–Kier alpha value is -3.32. The molecule has 0 aliphatic rings. The summed E-state index contributed by atoms with van der Waals surface area (Å²) >= 11 is 5.96. The van der Waals surface area contributed by atoms with Crippen LogP contribution in [0.2, 0.25) is 5.02 Å². The zero-order chi connectivity index (χ0) is 22.1. The van der Waals surface area contributed by atoms with Crippen molar-refractivity contribution in [3.8, 4) is 16.9 Å². The molecule has 7 nitrogen and oxygen atoms in total. The van der Waals surface area contributed by atoms with Crippen LogP contribution in [0.1, 0.15) is 38.1 Å². The summed E-state index contributed by atoms with van der Waals surface area (Å²) in [6, 6.07) is 12.0. The van der Waals surface area contributed by atoms with Crippen LogP contribution in [0, 0.1) is 0 Å². The number of benzene rings is 2. The molecular weight excluding hydrogens is 404 g/mol. The van der Waals surface area contributed by atoms with Gasteiger partial charge >= 0.3 is 5.97 Å². The first-order valence-electron chi connectivity index (χ1n) is 9.29. The van der Waals surface area contributed by atoms with Crippen LogP contribution in [0.15, 0.2) is 48.7 Å². The number of hydrogen-bond donors (Lipinski definition) is 2. The standard InChI is InChI=1S/C22H23ClN4O3/c1-13(28)25-17-10-7-15(20(29)30-22(2,3)4)11-19(17)27-12-18(26-21(27)24)14-5-8-16(23)9-6-14/h5-12H,1-4H3,(H2,24,26)(H,25,28). The molecule has 156 valence electrons. The Kier molecular flexibility index (Phi) is 5.85. The predicted molar refractivity (Wildman–Crippen MR) is 118 cm³/mol. The highest BCUT2D eigenvalue weighted by Gasteiger charge is 2.20. The molecule has 0 saturated carbocycles. The zero-order valence-corrected chi connectivity index (χ0v) is 17.9. The van der Waals surface area contributed by atoms with Gasteiger partial charge in [0, 0.05) is 23.7 Å². The van der Waals surface area contributed by atoms with Crippen molar-refractivity contribution < 1.29 is 14.3 Å². The molecule has 0 atom stereocenters. The van der Waals surface area contributed by atoms with Crippen LogP contribution in [0.25, 0.3) is 16.9 Å². The molecule has 3 N–H and O–H groups in total. The number of nitrogens with one attached hydrogen (secondary N) is 1. The number of amides is 1. The van der Waals surface area contributed by atoms with Crippen molar-refractivity contribution in [3.05, 3.63) is 59.2 Å². The van der Waals surface area contributed by atoms with Gasteiger partial charge in [0.25, 0.3) is 0 Å². The third-order valence-corrected chi connectivity index (χ3v) is 4.33. The molecule has 0 bridgehead atoms. The Morgan fingerprint density at radius 2 is 1.80 bits per heavy atom. The first kappa shape index (κ1) is 21.4. The van der Waals surface area contributed by atoms with Crippen molar-refractivity contribution in [3.63, 3.8) is 0 Å². The van der Waals surface area contributed by atoms with E-state index in [1.54, 1.807) is 61.9 Å². The Bertz CT molecular complexity index is 1100. The molecule has 30 heavy (non-hydrogen) atoms. The van der Waals surface area contributed by atoms with Gasteiger partial charge in [0.15, 0.2) is 0 Å². The number of imidazole rings is 1. The molecule has 1 amide bonds. The summed E-state index contributed by atoms with van der Waals surface area (Å²) in [4.78, 5) is 28.6. The van der Waals surface area contributed by atoms with E-state index >= 15 is 0 Å². The van der Waals surface area contributed by atoms with Gasteiger partial charge in [0.2, 0.25) is 11.9 Å². The summed E-state index contributed by atoms with van der Waals surface area (Å²) in [5.41, 5.74) is 8.30. The number of nitrogens with two attached hydrogens (primary N) is 1. The molecule has 0 saturated heterocycles. The normalized spacial score (nSPS) is 11.2. The first-order chi connectivity index (χ1) is 14.0. The minimum absolute atomic E-state index is 0.202. The Labute approximate surface area is 179 Å². The molecule has 1 heterocycles. The van der Waals surface area contributed by atoms with Crippen molar-refractivity contribution in [2.75, 3.05) is 11.1 Å². The number of esters is 1. The molecule has 0 fully saturated rings. The van der Waals surface area contributed by atoms with E-state index < -0.39 is 11.6 Å². The van der Waals surface area contributed by atoms with Gasteiger partial charge in [-0.15, -0.1) is 0 Å². The summed E-state index contributed by atoms with van der Waals surface area (Å²) in [6.07, 6.45) is 1.73. The van der Waals surface area contributed by atoms with Gasteiger partial charge in [0.05, 0.1) is 22.6 Å². The minimum atomic E-state index is -0.636. The maximum atomic E-state index is 12.5. The number of anilines is 2. The number of carbonyl (C=O) groups is 2. The van der Waals surface area contributed by atoms with Crippen molar-refractivity contribution >= 4 is 35.1 Å². The van der Waals surface area contributed by atoms with Crippen LogP contribution >= 0.6 is 11.6 Å². The van der Waals surface area contributed by atoms with Gasteiger partial charge in [0.1, 0.15) is 5.60 Å². The molecule has 0 unspecified atom stereocenters. The van der Waals surface area contributed by atoms with Gasteiger partial charge in [-0.2, -0.15) is 0 Å². The molecule has 0 aliphatic heterocycles. The maximum absolute atomic E-state index is 12.5. The average molecular weight is 427 g/mol. The lowest BCUT2D eigenvalue weighted by molar-refractivity contribution is -0.114. The zero-order valence-electron chi connectivity index (χ0n) is 17.2. The Morgan fingerprint density at radius 3 is 2.40 bits per heavy atom. The maximum Gasteiger partial charge on any atom is 0.338 e. The molecule has 3 aromatic rings. The lowest BCUT2D eigenvalue weighted by Crippen LogP contribution is -2.24. The van der Waals surface area contributed by atoms with E-state index in [1.165, 1.54) is 6.92 Å². The average Bonchev–Trinajstić information content (AvgIpc) is 3.02. The fourth-order valence-corrected chi connectivity index (χ4v) is 2.96. The Morgan fingerprint density at radius 1 is 1.13 bits per heavy atom. The molecule has 0 spiro atoms. The van der Waals surface area contributed by atoms with E-state index in [-0.39, 0.29) is 11.9 Å². The van der Waals surface area contributed by atoms with E-state index in [2.05, 4.69) is 10.3 Å². The highest BCUT2D eigenvalue weighted by Crippen LogP contribution is 2.29. The summed E-state index contributed by atoms with van der Waals surface area (Å²) in [7, 11) is 0. The van der Waals surface area contributed by atoms with Crippen LogP contribution in [0.4, 0.5) is 11.6 Å². The van der Waals surface area contributed by atoms with E-state index in [0.717, 1.165) is 5.56 Å². The number of aromatic nitrogens is 2. The number of rotatable bonds is 4. The van der Waals surface area contributed by atoms with Crippen molar-refractivity contribution in [2.45, 2.75) is 33.3 Å². The predicted octanol–water partition coefficient (Wildman–Crippen LogP) is 4.69. The molecular formula is C22H23ClN4O3. The number of carbonyl (C=O) groups excluding carboxylic acids is 2. The quantitative estimate of drug-likeness (QED) is 0.589. The van der Waals surface area contributed by atoms with Gasteiger partial charge < -0.3 is 15.8 Å². The fraction of sp³-hybridized carbons (Fsp3) is 0.227. The van der Waals surface area contributed by atoms with E-state index in [1.807, 2.05) is 12.1 Å². The third-order valence-electron chi connectivity index (χ3n) is 4.08.